The smallest absolute Gasteiger partial charge is 0.0134 e. The van der Waals surface area contributed by atoms with Crippen LogP contribution in [0.15, 0.2) is 358 Å². The van der Waals surface area contributed by atoms with Gasteiger partial charge >= 0.3 is 132 Å². The van der Waals surface area contributed by atoms with Gasteiger partial charge in [0.2, 0.25) is 0 Å². The molecule has 77 heavy (non-hydrogen) atoms. The molecule has 0 radical (unpaired) electrons. The molecular formula is C72H59P4Pd. The third-order valence-electron chi connectivity index (χ3n) is 12.2. The SMILES string of the molecule is [Pd][c]1cccc(P(c2ccccc2)c2ccccc2)c1.c1ccc(P(c2ccccc2)c2ccccc2)cc1.c1ccc(P(c2ccccc2)c2ccccc2)cc1.c1ccc(P(c2ccccc2)c2ccccc2)cc1. The summed E-state index contributed by atoms with van der Waals surface area (Å²) in [5, 5.41) is 16.7. The summed E-state index contributed by atoms with van der Waals surface area (Å²) in [6.45, 7) is 0. The first-order valence-corrected chi connectivity index (χ1v) is 31.8. The van der Waals surface area contributed by atoms with Crippen LogP contribution in [0.5, 0.6) is 0 Å². The molecule has 0 bridgehead atoms. The number of hydrogen-bond acceptors (Lipinski definition) is 0. The van der Waals surface area contributed by atoms with Gasteiger partial charge in [0.05, 0.1) is 0 Å². The molecule has 0 aliphatic heterocycles. The first kappa shape index (κ1) is 54.8. The molecule has 0 fully saturated rings. The molecule has 0 saturated heterocycles. The number of benzene rings is 12. The third kappa shape index (κ3) is 16.0. The van der Waals surface area contributed by atoms with E-state index in [9.17, 15) is 0 Å². The van der Waals surface area contributed by atoms with Gasteiger partial charge < -0.3 is 0 Å². The van der Waals surface area contributed by atoms with Gasteiger partial charge in [-0.05, 0) is 71.5 Å². The van der Waals surface area contributed by atoms with Crippen molar-refractivity contribution in [2.24, 2.45) is 0 Å². The zero-order valence-electron chi connectivity index (χ0n) is 42.7. The quantitative estimate of drug-likeness (QED) is 0.0845. The number of hydrogen-bond donors (Lipinski definition) is 0. The first-order valence-electron chi connectivity index (χ1n) is 25.7. The van der Waals surface area contributed by atoms with Gasteiger partial charge in [-0.15, -0.1) is 0 Å². The van der Waals surface area contributed by atoms with E-state index in [4.69, 9.17) is 0 Å². The fourth-order valence-corrected chi connectivity index (χ4v) is 18.5. The summed E-state index contributed by atoms with van der Waals surface area (Å²) in [5.41, 5.74) is 0. The number of rotatable bonds is 12. The molecule has 0 saturated carbocycles. The van der Waals surface area contributed by atoms with Crippen molar-refractivity contribution in [2.75, 3.05) is 0 Å². The van der Waals surface area contributed by atoms with Gasteiger partial charge in [0.1, 0.15) is 0 Å². The van der Waals surface area contributed by atoms with Gasteiger partial charge in [-0.1, -0.05) is 273 Å². The summed E-state index contributed by atoms with van der Waals surface area (Å²) in [5.74, 6) is 0. The van der Waals surface area contributed by atoms with E-state index in [1.807, 2.05) is 0 Å². The van der Waals surface area contributed by atoms with E-state index in [0.29, 0.717) is 0 Å². The van der Waals surface area contributed by atoms with Gasteiger partial charge in [0, 0.05) is 0 Å². The van der Waals surface area contributed by atoms with Crippen LogP contribution >= 0.6 is 31.7 Å². The van der Waals surface area contributed by atoms with Crippen molar-refractivity contribution < 1.29 is 19.2 Å². The zero-order valence-corrected chi connectivity index (χ0v) is 47.8. The summed E-state index contributed by atoms with van der Waals surface area (Å²) >= 11 is 3.30. The minimum atomic E-state index is -0.486. The minimum absolute atomic E-state index is 0.446. The van der Waals surface area contributed by atoms with Gasteiger partial charge in [-0.2, -0.15) is 0 Å². The molecule has 5 heteroatoms. The second kappa shape index (κ2) is 30.1. The Morgan fingerprint density at radius 2 is 0.273 bits per heavy atom. The van der Waals surface area contributed by atoms with Gasteiger partial charge in [-0.25, -0.2) is 0 Å². The molecule has 0 aliphatic rings. The van der Waals surface area contributed by atoms with Crippen LogP contribution in [0.2, 0.25) is 0 Å². The molecule has 0 spiro atoms. The Bertz CT molecular complexity index is 2890. The van der Waals surface area contributed by atoms with Gasteiger partial charge in [0.25, 0.3) is 0 Å². The Morgan fingerprint density at radius 1 is 0.143 bits per heavy atom. The molecule has 12 aromatic carbocycles. The topological polar surface area (TPSA) is 0 Å². The summed E-state index contributed by atoms with van der Waals surface area (Å²) in [4.78, 5) is 0. The van der Waals surface area contributed by atoms with Crippen molar-refractivity contribution in [3.8, 4) is 0 Å². The maximum Gasteiger partial charge on any atom is -0.0134 e. The van der Waals surface area contributed by atoms with Crippen molar-refractivity contribution in [2.45, 2.75) is 0 Å². The predicted octanol–water partition coefficient (Wildman–Crippen LogP) is 13.0. The molecule has 0 atom stereocenters. The Labute approximate surface area is 473 Å². The van der Waals surface area contributed by atoms with Crippen LogP contribution in [-0.2, 0) is 19.2 Å². The average molecular weight is 1150 g/mol. The van der Waals surface area contributed by atoms with Gasteiger partial charge in [0.15, 0.2) is 0 Å². The zero-order chi connectivity index (χ0) is 52.5. The van der Waals surface area contributed by atoms with Crippen LogP contribution in [0.25, 0.3) is 0 Å². The largest absolute Gasteiger partial charge is 0.0622 e. The summed E-state index contributed by atoms with van der Waals surface area (Å²) in [6, 6.07) is 127. The average Bonchev–Trinajstić information content (AvgIpc) is 3.51. The van der Waals surface area contributed by atoms with Crippen LogP contribution < -0.4 is 67.7 Å². The molecule has 12 rings (SSSR count). The normalized spacial score (nSPS) is 10.6. The van der Waals surface area contributed by atoms with Crippen molar-refractivity contribution in [1.29, 1.82) is 0 Å². The molecule has 0 aromatic heterocycles. The van der Waals surface area contributed by atoms with E-state index in [1.54, 1.807) is 0 Å². The minimum Gasteiger partial charge on any atom is -0.0622 e. The first-order chi connectivity index (χ1) is 38.2. The second-order valence-corrected chi connectivity index (χ2v) is 27.3. The fraction of sp³-hybridized carbons (Fsp3) is 0. The monoisotopic (exact) mass is 1150 g/mol. The van der Waals surface area contributed by atoms with Crippen LogP contribution in [0.1, 0.15) is 0 Å². The fourth-order valence-electron chi connectivity index (χ4n) is 8.74. The van der Waals surface area contributed by atoms with Crippen molar-refractivity contribution in [1.82, 2.24) is 0 Å². The van der Waals surface area contributed by atoms with E-state index in [1.165, 1.54) is 67.7 Å². The molecular weight excluding hydrogens is 1100 g/mol. The predicted molar refractivity (Wildman–Crippen MR) is 340 cm³/mol. The van der Waals surface area contributed by atoms with Crippen LogP contribution in [0.3, 0.4) is 0 Å². The van der Waals surface area contributed by atoms with Crippen molar-refractivity contribution in [3.05, 3.63) is 358 Å². The molecule has 12 aromatic rings. The van der Waals surface area contributed by atoms with Crippen molar-refractivity contribution in [3.63, 3.8) is 0 Å². The van der Waals surface area contributed by atoms with Gasteiger partial charge in [-0.3, -0.25) is 0 Å². The Balaban J connectivity index is 0.000000125. The molecule has 377 valence electrons. The third-order valence-corrected chi connectivity index (χ3v) is 22.4. The maximum atomic E-state index is 3.30. The Morgan fingerprint density at radius 3 is 0.416 bits per heavy atom. The van der Waals surface area contributed by atoms with E-state index in [0.717, 1.165) is 0 Å². The Kier molecular flexibility index (Phi) is 21.4. The molecule has 0 amide bonds. The van der Waals surface area contributed by atoms with E-state index in [2.05, 4.69) is 377 Å². The molecule has 0 aliphatic carbocycles. The van der Waals surface area contributed by atoms with E-state index < -0.39 is 31.7 Å². The van der Waals surface area contributed by atoms with Crippen molar-refractivity contribution >= 4 is 99.4 Å². The Hall–Kier alpha value is -6.98. The van der Waals surface area contributed by atoms with E-state index in [-0.39, 0.29) is 0 Å². The van der Waals surface area contributed by atoms with E-state index >= 15 is 0 Å². The standard InChI is InChI=1S/3C18H15P.C18H14P.Pd/c4*1-4-10-16(11-5-1)19(17-12-6-2-7-13-17)18-14-8-3-9-15-18;/h3*1-15H;1-8,10-15H;. The van der Waals surface area contributed by atoms with Crippen LogP contribution in [0.4, 0.5) is 0 Å². The summed E-state index contributed by atoms with van der Waals surface area (Å²) in [6.07, 6.45) is 0. The summed E-state index contributed by atoms with van der Waals surface area (Å²) in [7, 11) is -1.82. The van der Waals surface area contributed by atoms with Crippen LogP contribution in [0, 0.1) is 0 Å². The second-order valence-electron chi connectivity index (χ2n) is 17.5. The molecule has 0 N–H and O–H groups in total. The molecule has 0 nitrogen and oxygen atoms in total. The summed E-state index contributed by atoms with van der Waals surface area (Å²) < 4.78 is 1.17. The maximum absolute atomic E-state index is 3.30. The molecule has 0 unspecified atom stereocenters. The molecule has 0 heterocycles. The van der Waals surface area contributed by atoms with Crippen LogP contribution in [-0.4, -0.2) is 0 Å².